The molecule has 1 saturated heterocycles. The summed E-state index contributed by atoms with van der Waals surface area (Å²) >= 11 is 0. The number of nitrogens with zero attached hydrogens (tertiary/aromatic N) is 1. The smallest absolute Gasteiger partial charge is 0.249 e. The molecule has 3 aromatic rings. The first kappa shape index (κ1) is 25.0. The van der Waals surface area contributed by atoms with Crippen molar-refractivity contribution in [1.29, 1.82) is 0 Å². The topological polar surface area (TPSA) is 90.9 Å². The van der Waals surface area contributed by atoms with Crippen LogP contribution in [0.25, 0.3) is 10.8 Å². The summed E-state index contributed by atoms with van der Waals surface area (Å²) in [5.41, 5.74) is 2.39. The number of para-hydroxylation sites is 1. The van der Waals surface area contributed by atoms with E-state index in [1.165, 1.54) is 0 Å². The van der Waals surface area contributed by atoms with Gasteiger partial charge < -0.3 is 25.4 Å². The summed E-state index contributed by atoms with van der Waals surface area (Å²) in [7, 11) is 1.72. The highest BCUT2D eigenvalue weighted by Crippen LogP contribution is 2.31. The van der Waals surface area contributed by atoms with E-state index in [0.29, 0.717) is 12.8 Å². The second kappa shape index (κ2) is 10.3. The third-order valence-corrected chi connectivity index (χ3v) is 7.16. The maximum absolute atomic E-state index is 14.0. The number of carbonyl (C=O) groups is 2. The number of fused-ring (bicyclic) bond motifs is 2. The fraction of sp³-hybridized carbons (Fsp3) is 0.333. The van der Waals surface area contributed by atoms with Crippen LogP contribution in [0.15, 0.2) is 60.7 Å². The first-order valence-electron chi connectivity index (χ1n) is 12.6. The molecular formula is C30H31N3O4. The van der Waals surface area contributed by atoms with Crippen molar-refractivity contribution in [1.82, 2.24) is 10.6 Å². The van der Waals surface area contributed by atoms with E-state index in [9.17, 15) is 14.7 Å². The molecule has 7 nitrogen and oxygen atoms in total. The van der Waals surface area contributed by atoms with E-state index >= 15 is 0 Å². The number of rotatable bonds is 5. The van der Waals surface area contributed by atoms with Crippen LogP contribution in [0.5, 0.6) is 0 Å². The quantitative estimate of drug-likeness (QED) is 0.472. The van der Waals surface area contributed by atoms with Crippen molar-refractivity contribution < 1.29 is 19.4 Å². The Bertz CT molecular complexity index is 1400. The van der Waals surface area contributed by atoms with E-state index in [2.05, 4.69) is 22.5 Å². The molecule has 2 aliphatic heterocycles. The minimum atomic E-state index is -1.15. The number of likely N-dealkylation sites (N-methyl/N-ethyl adjacent to an activating group) is 1. The number of ether oxygens (including phenoxy) is 1. The summed E-state index contributed by atoms with van der Waals surface area (Å²) in [6, 6.07) is 18.8. The van der Waals surface area contributed by atoms with Gasteiger partial charge in [0.2, 0.25) is 11.8 Å². The number of amides is 2. The zero-order valence-corrected chi connectivity index (χ0v) is 21.1. The third kappa shape index (κ3) is 5.09. The molecule has 2 heterocycles. The Labute approximate surface area is 216 Å². The monoisotopic (exact) mass is 497 g/mol. The van der Waals surface area contributed by atoms with Gasteiger partial charge in [-0.25, -0.2) is 0 Å². The van der Waals surface area contributed by atoms with Crippen LogP contribution in [0.1, 0.15) is 30.0 Å². The van der Waals surface area contributed by atoms with Gasteiger partial charge in [0, 0.05) is 11.3 Å². The van der Waals surface area contributed by atoms with Gasteiger partial charge in [0.05, 0.1) is 25.8 Å². The number of nitrogens with one attached hydrogen (secondary N) is 2. The highest BCUT2D eigenvalue weighted by molar-refractivity contribution is 6.01. The Morgan fingerprint density at radius 2 is 1.92 bits per heavy atom. The van der Waals surface area contributed by atoms with Gasteiger partial charge >= 0.3 is 0 Å². The molecule has 3 N–H and O–H groups in total. The van der Waals surface area contributed by atoms with Crippen LogP contribution >= 0.6 is 0 Å². The average Bonchev–Trinajstić information content (AvgIpc) is 3.03. The second-order valence-electron chi connectivity index (χ2n) is 9.75. The summed E-state index contributed by atoms with van der Waals surface area (Å²) in [4.78, 5) is 28.4. The van der Waals surface area contributed by atoms with Crippen LogP contribution in [0, 0.1) is 11.8 Å². The molecule has 0 saturated carbocycles. The van der Waals surface area contributed by atoms with Crippen molar-refractivity contribution >= 4 is 28.3 Å². The van der Waals surface area contributed by atoms with E-state index in [0.717, 1.165) is 33.2 Å². The van der Waals surface area contributed by atoms with Crippen molar-refractivity contribution in [2.45, 2.75) is 44.0 Å². The highest BCUT2D eigenvalue weighted by Gasteiger charge is 2.35. The van der Waals surface area contributed by atoms with Gasteiger partial charge in [0.25, 0.3) is 0 Å². The van der Waals surface area contributed by atoms with Crippen molar-refractivity contribution in [3.8, 4) is 11.8 Å². The van der Waals surface area contributed by atoms with Crippen LogP contribution in [0.4, 0.5) is 5.69 Å². The normalized spacial score (nSPS) is 19.2. The van der Waals surface area contributed by atoms with Gasteiger partial charge in [-0.3, -0.25) is 9.59 Å². The van der Waals surface area contributed by atoms with Crippen LogP contribution in [0.2, 0.25) is 0 Å². The SMILES string of the molecule is CN[C@@H](C)C(=O)NC1CCc2ccccc2N(Cc2c(C#CC3(O)COC3)ccc3ccccc23)C1=O. The van der Waals surface area contributed by atoms with Crippen molar-refractivity contribution in [3.63, 3.8) is 0 Å². The molecule has 0 spiro atoms. The molecule has 2 atom stereocenters. The molecule has 2 aliphatic rings. The first-order valence-corrected chi connectivity index (χ1v) is 12.6. The van der Waals surface area contributed by atoms with E-state index in [1.54, 1.807) is 18.9 Å². The lowest BCUT2D eigenvalue weighted by Crippen LogP contribution is -2.52. The van der Waals surface area contributed by atoms with Gasteiger partial charge in [0.1, 0.15) is 6.04 Å². The summed E-state index contributed by atoms with van der Waals surface area (Å²) in [5, 5.41) is 18.4. The van der Waals surface area contributed by atoms with Gasteiger partial charge in [-0.15, -0.1) is 0 Å². The van der Waals surface area contributed by atoms with Crippen LogP contribution in [0.3, 0.4) is 0 Å². The largest absolute Gasteiger partial charge is 0.373 e. The molecule has 5 rings (SSSR count). The number of anilines is 1. The Hall–Kier alpha value is -3.70. The Kier molecular flexibility index (Phi) is 6.98. The predicted octanol–water partition coefficient (Wildman–Crippen LogP) is 2.52. The van der Waals surface area contributed by atoms with Crippen LogP contribution in [-0.2, 0) is 27.3 Å². The highest BCUT2D eigenvalue weighted by atomic mass is 16.5. The molecule has 2 amide bonds. The molecule has 0 aliphatic carbocycles. The Morgan fingerprint density at radius 3 is 2.68 bits per heavy atom. The molecule has 37 heavy (non-hydrogen) atoms. The van der Waals surface area contributed by atoms with Crippen LogP contribution < -0.4 is 15.5 Å². The lowest BCUT2D eigenvalue weighted by Gasteiger charge is -2.31. The fourth-order valence-corrected chi connectivity index (χ4v) is 4.77. The molecular weight excluding hydrogens is 466 g/mol. The molecule has 1 unspecified atom stereocenters. The van der Waals surface area contributed by atoms with Gasteiger partial charge in [-0.05, 0) is 60.8 Å². The van der Waals surface area contributed by atoms with E-state index in [4.69, 9.17) is 4.74 Å². The maximum atomic E-state index is 14.0. The molecule has 0 radical (unpaired) electrons. The maximum Gasteiger partial charge on any atom is 0.249 e. The Balaban J connectivity index is 1.57. The lowest BCUT2D eigenvalue weighted by atomic mass is 9.96. The summed E-state index contributed by atoms with van der Waals surface area (Å²) in [5.74, 6) is 5.76. The molecule has 190 valence electrons. The molecule has 0 aromatic heterocycles. The van der Waals surface area contributed by atoms with Gasteiger partial charge in [-0.1, -0.05) is 60.4 Å². The number of aryl methyl sites for hydroxylation is 1. The summed E-state index contributed by atoms with van der Waals surface area (Å²) in [6.45, 7) is 2.43. The molecule has 7 heteroatoms. The molecule has 0 bridgehead atoms. The van der Waals surface area contributed by atoms with Gasteiger partial charge in [-0.2, -0.15) is 0 Å². The molecule has 3 aromatic carbocycles. The number of hydrogen-bond acceptors (Lipinski definition) is 5. The fourth-order valence-electron chi connectivity index (χ4n) is 4.77. The number of benzene rings is 3. The average molecular weight is 498 g/mol. The number of carbonyl (C=O) groups excluding carboxylic acids is 2. The third-order valence-electron chi connectivity index (χ3n) is 7.16. The van der Waals surface area contributed by atoms with Crippen molar-refractivity contribution in [2.24, 2.45) is 0 Å². The summed E-state index contributed by atoms with van der Waals surface area (Å²) < 4.78 is 5.14. The minimum absolute atomic E-state index is 0.153. The lowest BCUT2D eigenvalue weighted by molar-refractivity contribution is -0.140. The predicted molar refractivity (Wildman–Crippen MR) is 143 cm³/mol. The van der Waals surface area contributed by atoms with Crippen molar-refractivity contribution in [3.05, 3.63) is 77.4 Å². The van der Waals surface area contributed by atoms with E-state index in [1.807, 2.05) is 60.7 Å². The standard InChI is InChI=1S/C30H31N3O4/c1-20(31-2)28(34)32-26-14-13-23-8-4-6-10-27(23)33(29(26)35)17-25-22(15-16-30(36)18-37-19-30)12-11-21-7-3-5-9-24(21)25/h3-12,20,26,31,36H,13-14,17-19H2,1-2H3,(H,32,34)/t20-,26?/m0/s1. The first-order chi connectivity index (χ1) is 17.9. The van der Waals surface area contributed by atoms with E-state index in [-0.39, 0.29) is 31.6 Å². The Morgan fingerprint density at radius 1 is 1.16 bits per heavy atom. The van der Waals surface area contributed by atoms with Crippen molar-refractivity contribution in [2.75, 3.05) is 25.2 Å². The molecule has 1 fully saturated rings. The minimum Gasteiger partial charge on any atom is -0.373 e. The second-order valence-corrected chi connectivity index (χ2v) is 9.75. The summed E-state index contributed by atoms with van der Waals surface area (Å²) in [6.07, 6.45) is 1.19. The van der Waals surface area contributed by atoms with E-state index < -0.39 is 17.7 Å². The number of aliphatic hydroxyl groups is 1. The van der Waals surface area contributed by atoms with Crippen LogP contribution in [-0.4, -0.2) is 54.9 Å². The zero-order valence-electron chi connectivity index (χ0n) is 21.1. The zero-order chi connectivity index (χ0) is 26.0. The number of hydrogen-bond donors (Lipinski definition) is 3. The van der Waals surface area contributed by atoms with Gasteiger partial charge in [0.15, 0.2) is 5.60 Å².